The van der Waals surface area contributed by atoms with Gasteiger partial charge in [0, 0.05) is 50.9 Å². The molecule has 7 nitrogen and oxygen atoms in total. The summed E-state index contributed by atoms with van der Waals surface area (Å²) in [6.07, 6.45) is 3.72. The zero-order chi connectivity index (χ0) is 27.7. The van der Waals surface area contributed by atoms with E-state index in [1.54, 1.807) is 4.90 Å². The second kappa shape index (κ2) is 13.6. The first-order chi connectivity index (χ1) is 19.5. The summed E-state index contributed by atoms with van der Waals surface area (Å²) in [5.74, 6) is 0.906. The highest BCUT2D eigenvalue weighted by Gasteiger charge is 2.24. The van der Waals surface area contributed by atoms with Crippen LogP contribution in [0.25, 0.3) is 11.1 Å². The van der Waals surface area contributed by atoms with Crippen molar-refractivity contribution in [3.8, 4) is 11.1 Å². The molecule has 210 valence electrons. The van der Waals surface area contributed by atoms with Gasteiger partial charge < -0.3 is 19.9 Å². The molecule has 2 fully saturated rings. The van der Waals surface area contributed by atoms with Gasteiger partial charge >= 0.3 is 6.09 Å². The second-order valence-electron chi connectivity index (χ2n) is 11.0. The van der Waals surface area contributed by atoms with E-state index in [1.807, 2.05) is 85.9 Å². The van der Waals surface area contributed by atoms with Crippen LogP contribution in [0, 0.1) is 5.92 Å². The molecule has 0 radical (unpaired) electrons. The lowest BCUT2D eigenvalue weighted by molar-refractivity contribution is 0.0540. The number of para-hydroxylation sites is 1. The highest BCUT2D eigenvalue weighted by molar-refractivity contribution is 5.94. The standard InChI is InChI=1S/C33H40N4O3/c1-36(32(38)28-15-13-26(14-16-28)24-34-23-25-11-12-25)21-22-37-19-17-29(18-20-37)40-33(39)35-31-10-6-5-9-30(31)27-7-3-2-4-8-27/h2-10,13-16,25,29,34H,11-12,17-24H2,1H3,(H,35,39). The van der Waals surface area contributed by atoms with Crippen molar-refractivity contribution in [1.82, 2.24) is 15.1 Å². The number of hydrogen-bond acceptors (Lipinski definition) is 5. The molecule has 1 aliphatic carbocycles. The first-order valence-electron chi connectivity index (χ1n) is 14.4. The van der Waals surface area contributed by atoms with Crippen LogP contribution >= 0.6 is 0 Å². The molecule has 1 saturated heterocycles. The van der Waals surface area contributed by atoms with Crippen molar-refractivity contribution in [1.29, 1.82) is 0 Å². The van der Waals surface area contributed by atoms with Crippen molar-refractivity contribution in [3.05, 3.63) is 90.0 Å². The van der Waals surface area contributed by atoms with Crippen molar-refractivity contribution < 1.29 is 14.3 Å². The van der Waals surface area contributed by atoms with Crippen molar-refractivity contribution in [2.24, 2.45) is 5.92 Å². The van der Waals surface area contributed by atoms with Crippen LogP contribution in [-0.4, -0.2) is 67.7 Å². The molecule has 0 atom stereocenters. The smallest absolute Gasteiger partial charge is 0.411 e. The SMILES string of the molecule is CN(CCN1CCC(OC(=O)Nc2ccccc2-c2ccccc2)CC1)C(=O)c1ccc(CNCC2CC2)cc1. The average molecular weight is 541 g/mol. The number of likely N-dealkylation sites (tertiary alicyclic amines) is 1. The predicted molar refractivity (Wildman–Crippen MR) is 159 cm³/mol. The Hall–Kier alpha value is -3.68. The zero-order valence-electron chi connectivity index (χ0n) is 23.4. The number of benzene rings is 3. The molecule has 1 heterocycles. The molecule has 0 unspecified atom stereocenters. The number of likely N-dealkylation sites (N-methyl/N-ethyl adjacent to an activating group) is 1. The normalized spacial score (nSPS) is 15.9. The first-order valence-corrected chi connectivity index (χ1v) is 14.4. The Balaban J connectivity index is 1.02. The van der Waals surface area contributed by atoms with E-state index in [1.165, 1.54) is 18.4 Å². The maximum atomic E-state index is 12.9. The van der Waals surface area contributed by atoms with E-state index >= 15 is 0 Å². The third kappa shape index (κ3) is 7.93. The fourth-order valence-corrected chi connectivity index (χ4v) is 5.12. The lowest BCUT2D eigenvalue weighted by Crippen LogP contribution is -2.42. The van der Waals surface area contributed by atoms with E-state index in [9.17, 15) is 9.59 Å². The summed E-state index contributed by atoms with van der Waals surface area (Å²) >= 11 is 0. The molecule has 5 rings (SSSR count). The zero-order valence-corrected chi connectivity index (χ0v) is 23.4. The summed E-state index contributed by atoms with van der Waals surface area (Å²) in [7, 11) is 1.86. The molecular weight excluding hydrogens is 500 g/mol. The summed E-state index contributed by atoms with van der Waals surface area (Å²) in [6, 6.07) is 25.7. The van der Waals surface area contributed by atoms with E-state index < -0.39 is 6.09 Å². The highest BCUT2D eigenvalue weighted by atomic mass is 16.6. The van der Waals surface area contributed by atoms with E-state index in [0.29, 0.717) is 6.54 Å². The Labute approximate surface area is 237 Å². The molecule has 7 heteroatoms. The fourth-order valence-electron chi connectivity index (χ4n) is 5.12. The van der Waals surface area contributed by atoms with Crippen molar-refractivity contribution >= 4 is 17.7 Å². The number of carbonyl (C=O) groups excluding carboxylic acids is 2. The van der Waals surface area contributed by atoms with Gasteiger partial charge in [0.15, 0.2) is 0 Å². The largest absolute Gasteiger partial charge is 0.446 e. The molecule has 2 N–H and O–H groups in total. The molecule has 0 aromatic heterocycles. The maximum absolute atomic E-state index is 12.9. The number of ether oxygens (including phenoxy) is 1. The Kier molecular flexibility index (Phi) is 9.47. The number of piperidine rings is 1. The molecule has 40 heavy (non-hydrogen) atoms. The van der Waals surface area contributed by atoms with Crippen molar-refractivity contribution in [3.63, 3.8) is 0 Å². The molecule has 3 aromatic carbocycles. The highest BCUT2D eigenvalue weighted by Crippen LogP contribution is 2.28. The molecular formula is C33H40N4O3. The number of nitrogens with zero attached hydrogens (tertiary/aromatic N) is 2. The van der Waals surface area contributed by atoms with Gasteiger partial charge in [0.25, 0.3) is 5.91 Å². The number of rotatable bonds is 11. The van der Waals surface area contributed by atoms with Gasteiger partial charge in [0.1, 0.15) is 6.10 Å². The molecule has 2 amide bonds. The van der Waals surface area contributed by atoms with Crippen LogP contribution in [0.5, 0.6) is 0 Å². The van der Waals surface area contributed by atoms with Gasteiger partial charge in [-0.15, -0.1) is 0 Å². The molecule has 2 aliphatic rings. The number of amides is 2. The predicted octanol–water partition coefficient (Wildman–Crippen LogP) is 5.64. The number of carbonyl (C=O) groups is 2. The van der Waals surface area contributed by atoms with E-state index in [4.69, 9.17) is 4.74 Å². The van der Waals surface area contributed by atoms with E-state index in [2.05, 4.69) is 15.5 Å². The number of hydrogen-bond donors (Lipinski definition) is 2. The summed E-state index contributed by atoms with van der Waals surface area (Å²) in [4.78, 5) is 29.7. The van der Waals surface area contributed by atoms with Crippen LogP contribution in [0.15, 0.2) is 78.9 Å². The molecule has 0 bridgehead atoms. The summed E-state index contributed by atoms with van der Waals surface area (Å²) in [5.41, 5.74) is 4.68. The van der Waals surface area contributed by atoms with Gasteiger partial charge in [-0.3, -0.25) is 10.1 Å². The van der Waals surface area contributed by atoms with E-state index in [0.717, 1.165) is 73.9 Å². The average Bonchev–Trinajstić information content (AvgIpc) is 3.82. The first kappa shape index (κ1) is 27.9. The van der Waals surface area contributed by atoms with Gasteiger partial charge in [-0.25, -0.2) is 4.79 Å². The topological polar surface area (TPSA) is 73.9 Å². The van der Waals surface area contributed by atoms with Gasteiger partial charge in [-0.2, -0.15) is 0 Å². The van der Waals surface area contributed by atoms with Crippen LogP contribution < -0.4 is 10.6 Å². The second-order valence-corrected chi connectivity index (χ2v) is 11.0. The van der Waals surface area contributed by atoms with Crippen molar-refractivity contribution in [2.75, 3.05) is 45.1 Å². The summed E-state index contributed by atoms with van der Waals surface area (Å²) < 4.78 is 5.76. The minimum Gasteiger partial charge on any atom is -0.446 e. The summed E-state index contributed by atoms with van der Waals surface area (Å²) in [5, 5.41) is 6.43. The Morgan fingerprint density at radius 2 is 1.60 bits per heavy atom. The third-order valence-corrected chi connectivity index (χ3v) is 7.82. The van der Waals surface area contributed by atoms with Gasteiger partial charge in [0.2, 0.25) is 0 Å². The Morgan fingerprint density at radius 1 is 0.900 bits per heavy atom. The van der Waals surface area contributed by atoms with E-state index in [-0.39, 0.29) is 12.0 Å². The Morgan fingerprint density at radius 3 is 2.33 bits per heavy atom. The van der Waals surface area contributed by atoms with Crippen molar-refractivity contribution in [2.45, 2.75) is 38.3 Å². The Bertz CT molecular complexity index is 1250. The van der Waals surface area contributed by atoms with Crippen LogP contribution in [0.3, 0.4) is 0 Å². The lowest BCUT2D eigenvalue weighted by Gasteiger charge is -2.32. The maximum Gasteiger partial charge on any atom is 0.411 e. The summed E-state index contributed by atoms with van der Waals surface area (Å²) in [6.45, 7) is 5.07. The molecule has 1 saturated carbocycles. The third-order valence-electron chi connectivity index (χ3n) is 7.82. The quantitative estimate of drug-likeness (QED) is 0.329. The molecule has 3 aromatic rings. The minimum absolute atomic E-state index is 0.0446. The molecule has 0 spiro atoms. The monoisotopic (exact) mass is 540 g/mol. The minimum atomic E-state index is -0.420. The lowest BCUT2D eigenvalue weighted by atomic mass is 10.0. The van der Waals surface area contributed by atoms with Gasteiger partial charge in [-0.1, -0.05) is 60.7 Å². The van der Waals surface area contributed by atoms with Crippen LogP contribution in [-0.2, 0) is 11.3 Å². The van der Waals surface area contributed by atoms with Crippen LogP contribution in [0.2, 0.25) is 0 Å². The number of anilines is 1. The number of nitrogens with one attached hydrogen (secondary N) is 2. The molecule has 1 aliphatic heterocycles. The fraction of sp³-hybridized carbons (Fsp3) is 0.394. The van der Waals surface area contributed by atoms with Crippen LogP contribution in [0.4, 0.5) is 10.5 Å². The van der Waals surface area contributed by atoms with Gasteiger partial charge in [-0.05, 0) is 67.5 Å². The van der Waals surface area contributed by atoms with Gasteiger partial charge in [0.05, 0.1) is 5.69 Å². The van der Waals surface area contributed by atoms with Crippen LogP contribution in [0.1, 0.15) is 41.6 Å².